The summed E-state index contributed by atoms with van der Waals surface area (Å²) >= 11 is 0. The lowest BCUT2D eigenvalue weighted by Gasteiger charge is -2.22. The van der Waals surface area contributed by atoms with E-state index in [9.17, 15) is 9.90 Å². The zero-order chi connectivity index (χ0) is 19.1. The van der Waals surface area contributed by atoms with Crippen LogP contribution in [0.25, 0.3) is 10.8 Å². The molecule has 0 bridgehead atoms. The van der Waals surface area contributed by atoms with Crippen molar-refractivity contribution in [2.75, 3.05) is 0 Å². The van der Waals surface area contributed by atoms with E-state index in [1.54, 1.807) is 0 Å². The zero-order valence-electron chi connectivity index (χ0n) is 15.7. The van der Waals surface area contributed by atoms with Gasteiger partial charge >= 0.3 is 5.97 Å². The maximum atomic E-state index is 12.9. The number of ether oxygens (including phenoxy) is 1. The number of aliphatic hydroxyl groups is 1. The van der Waals surface area contributed by atoms with Crippen molar-refractivity contribution in [1.82, 2.24) is 0 Å². The van der Waals surface area contributed by atoms with E-state index in [-0.39, 0.29) is 12.6 Å². The average molecular weight is 362 g/mol. The van der Waals surface area contributed by atoms with Crippen LogP contribution < -0.4 is 0 Å². The fraction of sp³-hybridized carbons (Fsp3) is 0.292. The summed E-state index contributed by atoms with van der Waals surface area (Å²) in [6.07, 6.45) is 1.67. The first kappa shape index (κ1) is 19.1. The van der Waals surface area contributed by atoms with Gasteiger partial charge in [-0.3, -0.25) is 4.79 Å². The van der Waals surface area contributed by atoms with E-state index in [4.69, 9.17) is 4.74 Å². The molecule has 0 heterocycles. The van der Waals surface area contributed by atoms with E-state index in [0.29, 0.717) is 6.42 Å². The number of rotatable bonds is 8. The van der Waals surface area contributed by atoms with Crippen LogP contribution in [0.2, 0.25) is 0 Å². The summed E-state index contributed by atoms with van der Waals surface area (Å²) in [7, 11) is 0. The Kier molecular flexibility index (Phi) is 6.61. The van der Waals surface area contributed by atoms with E-state index in [2.05, 4.69) is 6.92 Å². The molecule has 0 saturated heterocycles. The van der Waals surface area contributed by atoms with E-state index in [1.807, 2.05) is 72.8 Å². The number of fused-ring (bicyclic) bond motifs is 1. The molecule has 3 heteroatoms. The van der Waals surface area contributed by atoms with E-state index in [1.165, 1.54) is 0 Å². The monoisotopic (exact) mass is 362 g/mol. The van der Waals surface area contributed by atoms with Crippen molar-refractivity contribution < 1.29 is 14.6 Å². The van der Waals surface area contributed by atoms with Gasteiger partial charge in [0.1, 0.15) is 12.5 Å². The molecular formula is C24H26O3. The highest BCUT2D eigenvalue weighted by atomic mass is 16.5. The van der Waals surface area contributed by atoms with Crippen LogP contribution in [0.15, 0.2) is 72.8 Å². The molecule has 0 spiro atoms. The van der Waals surface area contributed by atoms with Gasteiger partial charge in [-0.2, -0.15) is 0 Å². The second-order valence-corrected chi connectivity index (χ2v) is 6.89. The van der Waals surface area contributed by atoms with Gasteiger partial charge in [-0.15, -0.1) is 0 Å². The molecular weight excluding hydrogens is 336 g/mol. The number of aliphatic hydroxyl groups excluding tert-OH is 1. The summed E-state index contributed by atoms with van der Waals surface area (Å²) in [6.45, 7) is 2.29. The maximum absolute atomic E-state index is 12.9. The lowest BCUT2D eigenvalue weighted by molar-refractivity contribution is -0.149. The fourth-order valence-corrected chi connectivity index (χ4v) is 3.31. The summed E-state index contributed by atoms with van der Waals surface area (Å²) in [5.41, 5.74) is 1.74. The molecule has 3 nitrogen and oxygen atoms in total. The number of benzene rings is 3. The number of carbonyl (C=O) groups excluding carboxylic acids is 1. The zero-order valence-corrected chi connectivity index (χ0v) is 15.7. The summed E-state index contributed by atoms with van der Waals surface area (Å²) in [4.78, 5) is 12.9. The van der Waals surface area contributed by atoms with E-state index < -0.39 is 12.0 Å². The molecule has 0 radical (unpaired) electrons. The van der Waals surface area contributed by atoms with Crippen LogP contribution in [0.5, 0.6) is 0 Å². The predicted molar refractivity (Wildman–Crippen MR) is 108 cm³/mol. The Morgan fingerprint density at radius 1 is 0.963 bits per heavy atom. The number of hydrogen-bond donors (Lipinski definition) is 1. The minimum Gasteiger partial charge on any atom is -0.460 e. The van der Waals surface area contributed by atoms with Gasteiger partial charge in [0.25, 0.3) is 0 Å². The third kappa shape index (κ3) is 4.95. The minimum atomic E-state index is -0.755. The predicted octanol–water partition coefficient (Wildman–Crippen LogP) is 5.22. The maximum Gasteiger partial charge on any atom is 0.316 e. The summed E-state index contributed by atoms with van der Waals surface area (Å²) in [5.74, 6) is -1.05. The number of esters is 1. The first-order valence-corrected chi connectivity index (χ1v) is 9.56. The largest absolute Gasteiger partial charge is 0.460 e. The van der Waals surface area contributed by atoms with Crippen LogP contribution in [0.1, 0.15) is 43.2 Å². The Bertz CT molecular complexity index is 873. The van der Waals surface area contributed by atoms with Gasteiger partial charge in [0.2, 0.25) is 0 Å². The molecule has 2 atom stereocenters. The molecule has 0 amide bonds. The Morgan fingerprint density at radius 3 is 2.41 bits per heavy atom. The Hall–Kier alpha value is -2.65. The van der Waals surface area contributed by atoms with Crippen molar-refractivity contribution in [3.63, 3.8) is 0 Å². The van der Waals surface area contributed by atoms with E-state index in [0.717, 1.165) is 34.7 Å². The quantitative estimate of drug-likeness (QED) is 0.559. The smallest absolute Gasteiger partial charge is 0.316 e. The first-order valence-electron chi connectivity index (χ1n) is 9.56. The summed E-state index contributed by atoms with van der Waals surface area (Å²) < 4.78 is 5.56. The van der Waals surface area contributed by atoms with Crippen LogP contribution in [-0.2, 0) is 16.1 Å². The van der Waals surface area contributed by atoms with Crippen LogP contribution in [0.3, 0.4) is 0 Å². The fourth-order valence-electron chi connectivity index (χ4n) is 3.31. The lowest BCUT2D eigenvalue weighted by Crippen LogP contribution is -2.28. The molecule has 0 aliphatic carbocycles. The van der Waals surface area contributed by atoms with Crippen LogP contribution in [-0.4, -0.2) is 17.2 Å². The highest BCUT2D eigenvalue weighted by molar-refractivity contribution is 5.86. The molecule has 27 heavy (non-hydrogen) atoms. The standard InChI is InChI=1S/C24H26O3/c1-2-3-13-22(25)23(24(26)27-17-18-9-5-4-6-10-18)21-15-14-19-11-7-8-12-20(19)16-21/h4-12,14-16,22-23,25H,2-3,13,17H2,1H3. The van der Waals surface area contributed by atoms with Gasteiger partial charge in [0, 0.05) is 0 Å². The van der Waals surface area contributed by atoms with Crippen molar-refractivity contribution >= 4 is 16.7 Å². The summed E-state index contributed by atoms with van der Waals surface area (Å²) in [6, 6.07) is 23.5. The Morgan fingerprint density at radius 2 is 1.67 bits per heavy atom. The third-order valence-corrected chi connectivity index (χ3v) is 4.85. The van der Waals surface area contributed by atoms with Gasteiger partial charge in [0.05, 0.1) is 6.10 Å². The molecule has 140 valence electrons. The SMILES string of the molecule is CCCCC(O)C(C(=O)OCc1ccccc1)c1ccc2ccccc2c1. The topological polar surface area (TPSA) is 46.5 Å². The van der Waals surface area contributed by atoms with Gasteiger partial charge in [-0.05, 0) is 28.3 Å². The number of unbranched alkanes of at least 4 members (excludes halogenated alkanes) is 1. The second-order valence-electron chi connectivity index (χ2n) is 6.89. The van der Waals surface area contributed by atoms with Crippen molar-refractivity contribution in [3.8, 4) is 0 Å². The summed E-state index contributed by atoms with van der Waals surface area (Å²) in [5, 5.41) is 12.9. The average Bonchev–Trinajstić information content (AvgIpc) is 2.71. The van der Waals surface area contributed by atoms with Gasteiger partial charge in [0.15, 0.2) is 0 Å². The highest BCUT2D eigenvalue weighted by Crippen LogP contribution is 2.28. The highest BCUT2D eigenvalue weighted by Gasteiger charge is 2.30. The second kappa shape index (κ2) is 9.33. The van der Waals surface area contributed by atoms with Gasteiger partial charge in [-0.25, -0.2) is 0 Å². The van der Waals surface area contributed by atoms with Crippen molar-refractivity contribution in [2.45, 2.75) is 44.8 Å². The molecule has 2 unspecified atom stereocenters. The first-order chi connectivity index (χ1) is 13.2. The van der Waals surface area contributed by atoms with Crippen molar-refractivity contribution in [3.05, 3.63) is 83.9 Å². The Labute approximate surface area is 160 Å². The normalized spacial score (nSPS) is 13.3. The minimum absolute atomic E-state index is 0.213. The van der Waals surface area contributed by atoms with E-state index >= 15 is 0 Å². The Balaban J connectivity index is 1.83. The van der Waals surface area contributed by atoms with Crippen LogP contribution >= 0.6 is 0 Å². The van der Waals surface area contributed by atoms with Crippen LogP contribution in [0.4, 0.5) is 0 Å². The molecule has 0 aliphatic heterocycles. The van der Waals surface area contributed by atoms with Gasteiger partial charge in [-0.1, -0.05) is 92.6 Å². The van der Waals surface area contributed by atoms with Gasteiger partial charge < -0.3 is 9.84 Å². The molecule has 0 saturated carbocycles. The third-order valence-electron chi connectivity index (χ3n) is 4.85. The van der Waals surface area contributed by atoms with Crippen molar-refractivity contribution in [2.24, 2.45) is 0 Å². The van der Waals surface area contributed by atoms with Crippen molar-refractivity contribution in [1.29, 1.82) is 0 Å². The molecule has 3 rings (SSSR count). The molecule has 1 N–H and O–H groups in total. The van der Waals surface area contributed by atoms with Crippen LogP contribution in [0, 0.1) is 0 Å². The molecule has 0 aliphatic rings. The lowest BCUT2D eigenvalue weighted by atomic mass is 9.89. The molecule has 3 aromatic rings. The molecule has 0 fully saturated rings. The number of carbonyl (C=O) groups is 1. The number of hydrogen-bond acceptors (Lipinski definition) is 3. The molecule has 3 aromatic carbocycles. The molecule has 0 aromatic heterocycles.